The SMILES string of the molecule is CC(=O)OC1(C(=O)OC(C)(C)C)NC(=O)C(C)=C1c1ccc(C)cc1. The quantitative estimate of drug-likeness (QED) is 0.851. The second-order valence-electron chi connectivity index (χ2n) is 7.10. The Balaban J connectivity index is 2.64. The van der Waals surface area contributed by atoms with Crippen molar-refractivity contribution in [1.82, 2.24) is 5.32 Å². The molecule has 0 fully saturated rings. The summed E-state index contributed by atoms with van der Waals surface area (Å²) >= 11 is 0. The van der Waals surface area contributed by atoms with Crippen molar-refractivity contribution in [3.8, 4) is 0 Å². The van der Waals surface area contributed by atoms with Gasteiger partial charge in [0.15, 0.2) is 0 Å². The van der Waals surface area contributed by atoms with Crippen LogP contribution in [0.2, 0.25) is 0 Å². The van der Waals surface area contributed by atoms with Crippen molar-refractivity contribution in [3.63, 3.8) is 0 Å². The second kappa shape index (κ2) is 6.35. The van der Waals surface area contributed by atoms with Gasteiger partial charge in [0.1, 0.15) is 5.60 Å². The minimum Gasteiger partial charge on any atom is -0.455 e. The van der Waals surface area contributed by atoms with E-state index in [0.29, 0.717) is 16.7 Å². The van der Waals surface area contributed by atoms with Crippen LogP contribution in [-0.2, 0) is 23.9 Å². The normalized spacial score (nSPS) is 20.3. The van der Waals surface area contributed by atoms with Crippen LogP contribution in [0, 0.1) is 6.92 Å². The van der Waals surface area contributed by atoms with Crippen LogP contribution >= 0.6 is 0 Å². The van der Waals surface area contributed by atoms with E-state index in [0.717, 1.165) is 5.56 Å². The maximum Gasteiger partial charge on any atom is 0.378 e. The molecule has 1 aliphatic rings. The number of hydrogen-bond acceptors (Lipinski definition) is 5. The third-order valence-electron chi connectivity index (χ3n) is 3.68. The standard InChI is InChI=1S/C19H23NO5/c1-11-7-9-14(10-8-11)15-12(2)16(22)20-19(15,24-13(3)21)17(23)25-18(4,5)6/h7-10H,1-6H3,(H,20,22). The van der Waals surface area contributed by atoms with Gasteiger partial charge in [-0.15, -0.1) is 0 Å². The molecule has 0 aliphatic carbocycles. The maximum absolute atomic E-state index is 12.9. The van der Waals surface area contributed by atoms with Crippen LogP contribution < -0.4 is 5.32 Å². The van der Waals surface area contributed by atoms with E-state index in [9.17, 15) is 14.4 Å². The van der Waals surface area contributed by atoms with Gasteiger partial charge in [0, 0.05) is 18.1 Å². The molecular formula is C19H23NO5. The smallest absolute Gasteiger partial charge is 0.378 e. The summed E-state index contributed by atoms with van der Waals surface area (Å²) in [5.41, 5.74) is -0.583. The molecule has 134 valence electrons. The first-order chi connectivity index (χ1) is 11.5. The van der Waals surface area contributed by atoms with Crippen LogP contribution in [0.15, 0.2) is 29.8 Å². The summed E-state index contributed by atoms with van der Waals surface area (Å²) in [6.45, 7) is 9.79. The maximum atomic E-state index is 12.9. The van der Waals surface area contributed by atoms with Crippen LogP contribution in [0.1, 0.15) is 45.7 Å². The Labute approximate surface area is 147 Å². The lowest BCUT2D eigenvalue weighted by atomic mass is 9.93. The van der Waals surface area contributed by atoms with Gasteiger partial charge < -0.3 is 14.8 Å². The van der Waals surface area contributed by atoms with Gasteiger partial charge in [0.05, 0.1) is 0 Å². The van der Waals surface area contributed by atoms with Crippen LogP contribution in [0.5, 0.6) is 0 Å². The Hall–Kier alpha value is -2.63. The topological polar surface area (TPSA) is 81.7 Å². The van der Waals surface area contributed by atoms with Crippen molar-refractivity contribution in [2.24, 2.45) is 0 Å². The highest BCUT2D eigenvalue weighted by atomic mass is 16.6. The van der Waals surface area contributed by atoms with Crippen molar-refractivity contribution >= 4 is 23.4 Å². The molecule has 0 spiro atoms. The molecule has 0 saturated heterocycles. The van der Waals surface area contributed by atoms with E-state index in [1.165, 1.54) is 6.92 Å². The minimum atomic E-state index is -1.99. The van der Waals surface area contributed by atoms with Crippen molar-refractivity contribution < 1.29 is 23.9 Å². The molecule has 6 heteroatoms. The number of hydrogen-bond donors (Lipinski definition) is 1. The van der Waals surface area contributed by atoms with Crippen molar-refractivity contribution in [1.29, 1.82) is 0 Å². The average molecular weight is 345 g/mol. The molecule has 2 rings (SSSR count). The lowest BCUT2D eigenvalue weighted by molar-refractivity contribution is -0.185. The molecule has 1 N–H and O–H groups in total. The molecule has 25 heavy (non-hydrogen) atoms. The van der Waals surface area contributed by atoms with Crippen molar-refractivity contribution in [2.45, 2.75) is 52.9 Å². The summed E-state index contributed by atoms with van der Waals surface area (Å²) in [6, 6.07) is 7.26. The number of ether oxygens (including phenoxy) is 2. The van der Waals surface area contributed by atoms with Gasteiger partial charge in [-0.2, -0.15) is 0 Å². The number of nitrogens with one attached hydrogen (secondary N) is 1. The molecule has 6 nitrogen and oxygen atoms in total. The van der Waals surface area contributed by atoms with Crippen LogP contribution in [0.25, 0.3) is 5.57 Å². The number of rotatable bonds is 3. The Morgan fingerprint density at radius 3 is 2.12 bits per heavy atom. The Morgan fingerprint density at radius 2 is 1.64 bits per heavy atom. The van der Waals surface area contributed by atoms with Crippen molar-refractivity contribution in [3.05, 3.63) is 41.0 Å². The monoisotopic (exact) mass is 345 g/mol. The molecule has 1 amide bonds. The number of amides is 1. The fourth-order valence-corrected chi connectivity index (χ4v) is 2.67. The van der Waals surface area contributed by atoms with E-state index in [2.05, 4.69) is 5.32 Å². The molecule has 1 aromatic rings. The summed E-state index contributed by atoms with van der Waals surface area (Å²) in [5.74, 6) is -2.02. The van der Waals surface area contributed by atoms with E-state index < -0.39 is 29.2 Å². The zero-order valence-electron chi connectivity index (χ0n) is 15.4. The largest absolute Gasteiger partial charge is 0.455 e. The highest BCUT2D eigenvalue weighted by molar-refractivity contribution is 6.15. The molecule has 0 saturated carbocycles. The first kappa shape index (κ1) is 18.7. The fraction of sp³-hybridized carbons (Fsp3) is 0.421. The third kappa shape index (κ3) is 3.73. The molecule has 0 bridgehead atoms. The third-order valence-corrected chi connectivity index (χ3v) is 3.68. The molecule has 1 unspecified atom stereocenters. The van der Waals surface area contributed by atoms with Gasteiger partial charge in [-0.25, -0.2) is 4.79 Å². The van der Waals surface area contributed by atoms with Crippen LogP contribution in [0.3, 0.4) is 0 Å². The lowest BCUT2D eigenvalue weighted by Crippen LogP contribution is -2.56. The van der Waals surface area contributed by atoms with Crippen molar-refractivity contribution in [2.75, 3.05) is 0 Å². The predicted octanol–water partition coefficient (Wildman–Crippen LogP) is 2.50. The number of aryl methyl sites for hydroxylation is 1. The van der Waals surface area contributed by atoms with Gasteiger partial charge >= 0.3 is 17.7 Å². The summed E-state index contributed by atoms with van der Waals surface area (Å²) in [4.78, 5) is 37.0. The van der Waals surface area contributed by atoms with E-state index in [1.807, 2.05) is 19.1 Å². The van der Waals surface area contributed by atoms with E-state index in [-0.39, 0.29) is 0 Å². The Bertz CT molecular complexity index is 755. The summed E-state index contributed by atoms with van der Waals surface area (Å²) in [7, 11) is 0. The Morgan fingerprint density at radius 1 is 1.08 bits per heavy atom. The number of benzene rings is 1. The van der Waals surface area contributed by atoms with E-state index in [4.69, 9.17) is 9.47 Å². The number of esters is 2. The fourth-order valence-electron chi connectivity index (χ4n) is 2.67. The summed E-state index contributed by atoms with van der Waals surface area (Å²) in [6.07, 6.45) is 0. The zero-order chi connectivity index (χ0) is 19.0. The van der Waals surface area contributed by atoms with Gasteiger partial charge in [0.25, 0.3) is 5.91 Å². The van der Waals surface area contributed by atoms with Crippen LogP contribution in [-0.4, -0.2) is 29.2 Å². The molecule has 1 heterocycles. The zero-order valence-corrected chi connectivity index (χ0v) is 15.4. The number of carbonyl (C=O) groups excluding carboxylic acids is 3. The van der Waals surface area contributed by atoms with Crippen LogP contribution in [0.4, 0.5) is 0 Å². The molecular weight excluding hydrogens is 322 g/mol. The highest BCUT2D eigenvalue weighted by Gasteiger charge is 2.55. The van der Waals surface area contributed by atoms with E-state index >= 15 is 0 Å². The average Bonchev–Trinajstić information content (AvgIpc) is 2.70. The van der Waals surface area contributed by atoms with Gasteiger partial charge in [0.2, 0.25) is 0 Å². The number of carbonyl (C=O) groups is 3. The van der Waals surface area contributed by atoms with Gasteiger partial charge in [-0.1, -0.05) is 29.8 Å². The highest BCUT2D eigenvalue weighted by Crippen LogP contribution is 2.38. The Kier molecular flexibility index (Phi) is 4.75. The van der Waals surface area contributed by atoms with Gasteiger partial charge in [-0.3, -0.25) is 9.59 Å². The first-order valence-electron chi connectivity index (χ1n) is 8.00. The second-order valence-corrected chi connectivity index (χ2v) is 7.10. The molecule has 0 aromatic heterocycles. The molecule has 1 aliphatic heterocycles. The lowest BCUT2D eigenvalue weighted by Gasteiger charge is -2.32. The minimum absolute atomic E-state index is 0.293. The molecule has 0 radical (unpaired) electrons. The van der Waals surface area contributed by atoms with E-state index in [1.54, 1.807) is 39.8 Å². The first-order valence-corrected chi connectivity index (χ1v) is 8.00. The summed E-state index contributed by atoms with van der Waals surface area (Å²) < 4.78 is 10.8. The van der Waals surface area contributed by atoms with Gasteiger partial charge in [-0.05, 0) is 40.2 Å². The predicted molar refractivity (Wildman–Crippen MR) is 92.3 cm³/mol. The molecule has 1 aromatic carbocycles. The molecule has 1 atom stereocenters. The summed E-state index contributed by atoms with van der Waals surface area (Å²) in [5, 5.41) is 2.50.